The number of nitrogens with zero attached hydrogens (tertiary/aromatic N) is 6. The van der Waals surface area contributed by atoms with Gasteiger partial charge in [-0.2, -0.15) is 0 Å². The topological polar surface area (TPSA) is 78.6 Å². The van der Waals surface area contributed by atoms with Gasteiger partial charge in [-0.3, -0.25) is 0 Å². The molecule has 0 aliphatic rings. The number of aromatic nitrogens is 6. The van der Waals surface area contributed by atoms with Crippen molar-refractivity contribution in [2.24, 2.45) is 0 Å². The number of hydrogen-bond acceptors (Lipinski definition) is 7. The summed E-state index contributed by atoms with van der Waals surface area (Å²) in [6, 6.07) is 7.57. The Kier molecular flexibility index (Phi) is 3.69. The summed E-state index contributed by atoms with van der Waals surface area (Å²) < 4.78 is 5.26. The lowest BCUT2D eigenvalue weighted by Gasteiger charge is -2.03. The molecule has 3 heterocycles. The third-order valence-electron chi connectivity index (χ3n) is 4.05. The maximum Gasteiger partial charge on any atom is 0.205 e. The molecule has 0 bridgehead atoms. The first-order valence-electron chi connectivity index (χ1n) is 7.76. The third kappa shape index (κ3) is 2.64. The van der Waals surface area contributed by atoms with Crippen LogP contribution in [0.15, 0.2) is 24.3 Å². The normalized spacial score (nSPS) is 11.2. The van der Waals surface area contributed by atoms with Crippen molar-refractivity contribution < 1.29 is 4.74 Å². The summed E-state index contributed by atoms with van der Waals surface area (Å²) in [6.45, 7) is 6.01. The molecule has 0 unspecified atom stereocenters. The second kappa shape index (κ2) is 5.89. The predicted molar refractivity (Wildman–Crippen MR) is 96.3 cm³/mol. The fraction of sp³-hybridized carbons (Fsp3) is 0.235. The van der Waals surface area contributed by atoms with E-state index in [1.807, 2.05) is 31.2 Å². The quantitative estimate of drug-likeness (QED) is 0.563. The average molecular weight is 352 g/mol. The Hall–Kier alpha value is -2.87. The predicted octanol–water partition coefficient (Wildman–Crippen LogP) is 3.27. The number of benzene rings is 1. The summed E-state index contributed by atoms with van der Waals surface area (Å²) in [7, 11) is 1.63. The first kappa shape index (κ1) is 15.6. The Morgan fingerprint density at radius 3 is 2.76 bits per heavy atom. The van der Waals surface area contributed by atoms with E-state index in [-0.39, 0.29) is 0 Å². The third-order valence-corrected chi connectivity index (χ3v) is 5.15. The van der Waals surface area contributed by atoms with Crippen LogP contribution in [0.5, 0.6) is 5.75 Å². The fourth-order valence-electron chi connectivity index (χ4n) is 2.66. The first-order valence-corrected chi connectivity index (χ1v) is 8.57. The number of rotatable bonds is 3. The van der Waals surface area contributed by atoms with Crippen LogP contribution in [0.3, 0.4) is 0 Å². The summed E-state index contributed by atoms with van der Waals surface area (Å²) in [4.78, 5) is 12.7. The Bertz CT molecular complexity index is 1080. The second-order valence-electron chi connectivity index (χ2n) is 5.69. The summed E-state index contributed by atoms with van der Waals surface area (Å²) in [5.74, 6) is 2.61. The molecule has 8 heteroatoms. The van der Waals surface area contributed by atoms with Crippen LogP contribution in [0.4, 0.5) is 0 Å². The fourth-order valence-corrected chi connectivity index (χ4v) is 3.73. The van der Waals surface area contributed by atoms with Gasteiger partial charge in [-0.05, 0) is 43.7 Å². The van der Waals surface area contributed by atoms with Crippen molar-refractivity contribution in [2.45, 2.75) is 20.8 Å². The molecular weight excluding hydrogens is 336 g/mol. The van der Waals surface area contributed by atoms with Crippen LogP contribution in [0.2, 0.25) is 0 Å². The highest BCUT2D eigenvalue weighted by Crippen LogP contribution is 2.32. The molecule has 0 radical (unpaired) electrons. The van der Waals surface area contributed by atoms with Gasteiger partial charge in [0.05, 0.1) is 12.5 Å². The van der Waals surface area contributed by atoms with E-state index in [2.05, 4.69) is 39.2 Å². The molecule has 7 nitrogen and oxygen atoms in total. The van der Waals surface area contributed by atoms with Crippen LogP contribution in [-0.2, 0) is 0 Å². The first-order chi connectivity index (χ1) is 12.1. The minimum atomic E-state index is 0.521. The summed E-state index contributed by atoms with van der Waals surface area (Å²) in [6.07, 6.45) is 0. The van der Waals surface area contributed by atoms with Crippen LogP contribution in [0.25, 0.3) is 27.4 Å². The molecule has 0 spiro atoms. The second-order valence-corrected chi connectivity index (χ2v) is 6.90. The number of hydrogen-bond donors (Lipinski definition) is 0. The van der Waals surface area contributed by atoms with Crippen LogP contribution in [0.1, 0.15) is 16.3 Å². The van der Waals surface area contributed by atoms with Crippen molar-refractivity contribution in [2.75, 3.05) is 7.11 Å². The zero-order chi connectivity index (χ0) is 17.6. The van der Waals surface area contributed by atoms with Gasteiger partial charge in [-0.15, -0.1) is 26.3 Å². The van der Waals surface area contributed by atoms with Crippen LogP contribution < -0.4 is 4.74 Å². The lowest BCUT2D eigenvalue weighted by molar-refractivity contribution is 0.415. The van der Waals surface area contributed by atoms with Crippen LogP contribution >= 0.6 is 11.3 Å². The van der Waals surface area contributed by atoms with Crippen molar-refractivity contribution in [3.05, 3.63) is 40.5 Å². The molecule has 0 amide bonds. The van der Waals surface area contributed by atoms with E-state index < -0.39 is 0 Å². The highest BCUT2D eigenvalue weighted by molar-refractivity contribution is 7.18. The monoisotopic (exact) mass is 352 g/mol. The molecule has 0 aliphatic heterocycles. The SMILES string of the molecule is COc1cccc(-c2nnn(-c3nc(C)nc4sc(C)c(C)c34)n2)c1. The summed E-state index contributed by atoms with van der Waals surface area (Å²) in [5, 5.41) is 13.9. The van der Waals surface area contributed by atoms with Gasteiger partial charge in [0.2, 0.25) is 5.82 Å². The largest absolute Gasteiger partial charge is 0.497 e. The Morgan fingerprint density at radius 1 is 1.12 bits per heavy atom. The van der Waals surface area contributed by atoms with Crippen molar-refractivity contribution in [1.29, 1.82) is 0 Å². The van der Waals surface area contributed by atoms with E-state index in [1.54, 1.807) is 18.4 Å². The average Bonchev–Trinajstić information content (AvgIpc) is 3.20. The van der Waals surface area contributed by atoms with E-state index >= 15 is 0 Å². The Labute approximate surface area is 148 Å². The zero-order valence-corrected chi connectivity index (χ0v) is 15.1. The number of tetrazole rings is 1. The molecule has 1 aromatic carbocycles. The smallest absolute Gasteiger partial charge is 0.205 e. The van der Waals surface area contributed by atoms with Gasteiger partial charge in [-0.1, -0.05) is 12.1 Å². The molecule has 3 aromatic heterocycles. The molecule has 0 aliphatic carbocycles. The van der Waals surface area contributed by atoms with Crippen LogP contribution in [-0.4, -0.2) is 37.3 Å². The van der Waals surface area contributed by atoms with E-state index in [1.165, 1.54) is 9.67 Å². The molecule has 4 rings (SSSR count). The van der Waals surface area contributed by atoms with Crippen molar-refractivity contribution >= 4 is 21.6 Å². The standard InChI is InChI=1S/C17H16N6OS/c1-9-10(2)25-17-14(9)16(18-11(3)19-17)23-21-15(20-22-23)12-6-5-7-13(8-12)24-4/h5-8H,1-4H3. The zero-order valence-electron chi connectivity index (χ0n) is 14.3. The molecule has 0 atom stereocenters. The van der Waals surface area contributed by atoms with E-state index in [0.717, 1.165) is 27.1 Å². The van der Waals surface area contributed by atoms with E-state index in [4.69, 9.17) is 4.74 Å². The minimum absolute atomic E-state index is 0.521. The Morgan fingerprint density at radius 2 is 1.96 bits per heavy atom. The van der Waals surface area contributed by atoms with Crippen LogP contribution in [0, 0.1) is 20.8 Å². The van der Waals surface area contributed by atoms with E-state index in [0.29, 0.717) is 17.5 Å². The lowest BCUT2D eigenvalue weighted by Crippen LogP contribution is -2.05. The summed E-state index contributed by atoms with van der Waals surface area (Å²) in [5.41, 5.74) is 1.99. The molecule has 0 N–H and O–H groups in total. The molecule has 0 fully saturated rings. The van der Waals surface area contributed by atoms with Gasteiger partial charge in [0.25, 0.3) is 0 Å². The molecule has 25 heavy (non-hydrogen) atoms. The number of ether oxygens (including phenoxy) is 1. The maximum absolute atomic E-state index is 5.26. The summed E-state index contributed by atoms with van der Waals surface area (Å²) >= 11 is 1.65. The maximum atomic E-state index is 5.26. The van der Waals surface area contributed by atoms with Crippen molar-refractivity contribution in [3.8, 4) is 23.0 Å². The van der Waals surface area contributed by atoms with Gasteiger partial charge in [-0.25, -0.2) is 9.97 Å². The van der Waals surface area contributed by atoms with Gasteiger partial charge in [0.15, 0.2) is 5.82 Å². The number of aryl methyl sites for hydroxylation is 3. The van der Waals surface area contributed by atoms with Gasteiger partial charge in [0, 0.05) is 10.4 Å². The minimum Gasteiger partial charge on any atom is -0.497 e. The highest BCUT2D eigenvalue weighted by Gasteiger charge is 2.17. The molecular formula is C17H16N6OS. The molecule has 0 saturated heterocycles. The number of fused-ring (bicyclic) bond motifs is 1. The van der Waals surface area contributed by atoms with Gasteiger partial charge >= 0.3 is 0 Å². The van der Waals surface area contributed by atoms with Gasteiger partial charge in [0.1, 0.15) is 16.4 Å². The van der Waals surface area contributed by atoms with Gasteiger partial charge < -0.3 is 4.74 Å². The molecule has 0 saturated carbocycles. The molecule has 126 valence electrons. The highest BCUT2D eigenvalue weighted by atomic mass is 32.1. The Balaban J connectivity index is 1.86. The number of thiophene rings is 1. The molecule has 4 aromatic rings. The van der Waals surface area contributed by atoms with Crippen molar-refractivity contribution in [3.63, 3.8) is 0 Å². The number of methoxy groups -OCH3 is 1. The van der Waals surface area contributed by atoms with Crippen molar-refractivity contribution in [1.82, 2.24) is 30.2 Å². The van der Waals surface area contributed by atoms with E-state index in [9.17, 15) is 0 Å². The lowest BCUT2D eigenvalue weighted by atomic mass is 10.2.